The quantitative estimate of drug-likeness (QED) is 0.170. The summed E-state index contributed by atoms with van der Waals surface area (Å²) >= 11 is 0. The fourth-order valence-electron chi connectivity index (χ4n) is 10.4. The molecule has 4 aliphatic rings. The molecule has 0 fully saturated rings. The number of anilines is 3. The zero-order valence-corrected chi connectivity index (χ0v) is 32.4. The molecular weight excluding hydrogens is 637 g/mol. The molecule has 52 heavy (non-hydrogen) atoms. The second-order valence-electron chi connectivity index (χ2n) is 18.7. The number of benzene rings is 5. The summed E-state index contributed by atoms with van der Waals surface area (Å²) in [7, 11) is 0. The first-order chi connectivity index (χ1) is 24.5. The molecular formula is C47H50BNO3. The summed E-state index contributed by atoms with van der Waals surface area (Å²) < 4.78 is 21.2. The maximum Gasteiger partial charge on any atom is 0.260 e. The van der Waals surface area contributed by atoms with E-state index in [1.54, 1.807) is 0 Å². The highest BCUT2D eigenvalue weighted by atomic mass is 16.5. The lowest BCUT2D eigenvalue weighted by molar-refractivity contribution is 0.0445. The van der Waals surface area contributed by atoms with Crippen LogP contribution in [-0.2, 0) is 16.2 Å². The highest BCUT2D eigenvalue weighted by molar-refractivity contribution is 6.98. The van der Waals surface area contributed by atoms with E-state index >= 15 is 0 Å². The van der Waals surface area contributed by atoms with Gasteiger partial charge in [-0.2, -0.15) is 0 Å². The molecule has 0 saturated carbocycles. The lowest BCUT2D eigenvalue weighted by atomic mass is 9.34. The molecule has 0 aromatic heterocycles. The second-order valence-corrected chi connectivity index (χ2v) is 18.7. The van der Waals surface area contributed by atoms with Crippen LogP contribution in [-0.4, -0.2) is 17.9 Å². The molecule has 0 amide bonds. The molecule has 9 rings (SSSR count). The van der Waals surface area contributed by atoms with Gasteiger partial charge in [-0.1, -0.05) is 102 Å². The summed E-state index contributed by atoms with van der Waals surface area (Å²) in [6.07, 6.45) is 1.86. The molecule has 0 atom stereocenters. The van der Waals surface area contributed by atoms with Crippen LogP contribution in [0.3, 0.4) is 0 Å². The van der Waals surface area contributed by atoms with E-state index in [1.165, 1.54) is 33.6 Å². The fourth-order valence-corrected chi connectivity index (χ4v) is 10.4. The fraction of sp³-hybridized carbons (Fsp3) is 0.362. The molecule has 4 heterocycles. The van der Waals surface area contributed by atoms with E-state index in [9.17, 15) is 0 Å². The molecule has 4 nitrogen and oxygen atoms in total. The van der Waals surface area contributed by atoms with E-state index in [1.807, 2.05) is 0 Å². The van der Waals surface area contributed by atoms with Crippen LogP contribution in [0.4, 0.5) is 17.1 Å². The predicted octanol–water partition coefficient (Wildman–Crippen LogP) is 10.1. The van der Waals surface area contributed by atoms with Crippen LogP contribution in [0, 0.1) is 0 Å². The van der Waals surface area contributed by atoms with Gasteiger partial charge in [0.15, 0.2) is 0 Å². The Labute approximate surface area is 310 Å². The summed E-state index contributed by atoms with van der Waals surface area (Å²) in [4.78, 5) is 2.41. The molecule has 4 aliphatic heterocycles. The third kappa shape index (κ3) is 4.87. The van der Waals surface area contributed by atoms with Gasteiger partial charge in [0.2, 0.25) is 0 Å². The van der Waals surface area contributed by atoms with Crippen LogP contribution in [0.25, 0.3) is 0 Å². The van der Waals surface area contributed by atoms with Gasteiger partial charge in [-0.05, 0) is 115 Å². The number of nitrogens with zero attached hydrogens (tertiary/aromatic N) is 1. The molecule has 0 aliphatic carbocycles. The average molecular weight is 688 g/mol. The molecule has 0 unspecified atom stereocenters. The zero-order chi connectivity index (χ0) is 36.6. The zero-order valence-electron chi connectivity index (χ0n) is 32.4. The molecule has 0 N–H and O–H groups in total. The largest absolute Gasteiger partial charge is 0.488 e. The van der Waals surface area contributed by atoms with Gasteiger partial charge >= 0.3 is 0 Å². The Morgan fingerprint density at radius 2 is 1.02 bits per heavy atom. The Hall–Kier alpha value is -4.64. The van der Waals surface area contributed by atoms with Crippen molar-refractivity contribution in [1.82, 2.24) is 0 Å². The normalized spacial score (nSPS) is 20.3. The first kappa shape index (κ1) is 33.2. The number of para-hydroxylation sites is 3. The van der Waals surface area contributed by atoms with E-state index in [-0.39, 0.29) is 34.2 Å². The third-order valence-electron chi connectivity index (χ3n) is 12.2. The van der Waals surface area contributed by atoms with Gasteiger partial charge < -0.3 is 19.1 Å². The van der Waals surface area contributed by atoms with Crippen molar-refractivity contribution in [3.63, 3.8) is 0 Å². The number of hydrogen-bond acceptors (Lipinski definition) is 4. The summed E-state index contributed by atoms with van der Waals surface area (Å²) in [5.74, 6) is 3.65. The number of hydrogen-bond donors (Lipinski definition) is 0. The van der Waals surface area contributed by atoms with Crippen molar-refractivity contribution in [3.05, 3.63) is 119 Å². The number of rotatable bonds is 2. The Morgan fingerprint density at radius 3 is 1.60 bits per heavy atom. The van der Waals surface area contributed by atoms with Crippen LogP contribution in [0.15, 0.2) is 97.1 Å². The Balaban J connectivity index is 1.31. The molecule has 264 valence electrons. The molecule has 5 aromatic carbocycles. The first-order valence-electron chi connectivity index (χ1n) is 19.0. The summed E-state index contributed by atoms with van der Waals surface area (Å²) in [6, 6.07) is 35.4. The second kappa shape index (κ2) is 10.7. The highest BCUT2D eigenvalue weighted by Crippen LogP contribution is 2.54. The van der Waals surface area contributed by atoms with Crippen LogP contribution in [0.2, 0.25) is 0 Å². The van der Waals surface area contributed by atoms with Gasteiger partial charge in [0.25, 0.3) is 6.71 Å². The molecule has 5 heteroatoms. The number of fused-ring (bicyclic) bond motifs is 6. The lowest BCUT2D eigenvalue weighted by Crippen LogP contribution is -2.58. The highest BCUT2D eigenvalue weighted by Gasteiger charge is 2.50. The number of ether oxygens (including phenoxy) is 3. The smallest absolute Gasteiger partial charge is 0.260 e. The van der Waals surface area contributed by atoms with Crippen LogP contribution >= 0.6 is 0 Å². The lowest BCUT2D eigenvalue weighted by Gasteiger charge is -2.49. The van der Waals surface area contributed by atoms with Gasteiger partial charge in [0.1, 0.15) is 34.2 Å². The molecule has 0 radical (unpaired) electrons. The predicted molar refractivity (Wildman–Crippen MR) is 216 cm³/mol. The minimum Gasteiger partial charge on any atom is -0.488 e. The summed E-state index contributed by atoms with van der Waals surface area (Å²) in [6.45, 7) is 22.9. The van der Waals surface area contributed by atoms with Gasteiger partial charge in [-0.15, -0.1) is 0 Å². The Kier molecular flexibility index (Phi) is 6.84. The SMILES string of the molecule is CC1(C)CC(C)(C)c2cc3c(c(B4c5ccccc5Oc5cc(N6c7ccccc7C(C)(C)c7ccccc76)ccc54)c2O1)OC(C)(C)CC3(C)C. The molecule has 5 aromatic rings. The maximum atomic E-state index is 7.16. The monoisotopic (exact) mass is 687 g/mol. The van der Waals surface area contributed by atoms with E-state index in [4.69, 9.17) is 14.2 Å². The van der Waals surface area contributed by atoms with Crippen molar-refractivity contribution < 1.29 is 14.2 Å². The third-order valence-corrected chi connectivity index (χ3v) is 12.2. The van der Waals surface area contributed by atoms with Crippen LogP contribution < -0.4 is 35.5 Å². The van der Waals surface area contributed by atoms with Gasteiger partial charge in [-0.3, -0.25) is 0 Å². The van der Waals surface area contributed by atoms with Crippen molar-refractivity contribution in [1.29, 1.82) is 0 Å². The van der Waals surface area contributed by atoms with Crippen molar-refractivity contribution >= 4 is 40.2 Å². The first-order valence-corrected chi connectivity index (χ1v) is 19.0. The maximum absolute atomic E-state index is 7.16. The van der Waals surface area contributed by atoms with E-state index in [0.29, 0.717) is 0 Å². The molecule has 0 spiro atoms. The van der Waals surface area contributed by atoms with Crippen LogP contribution in [0.1, 0.15) is 104 Å². The summed E-state index contributed by atoms with van der Waals surface area (Å²) in [5, 5.41) is 0. The Morgan fingerprint density at radius 1 is 0.519 bits per heavy atom. The summed E-state index contributed by atoms with van der Waals surface area (Å²) in [5.41, 5.74) is 11.0. The minimum absolute atomic E-state index is 0.0932. The Bertz CT molecular complexity index is 2190. The van der Waals surface area contributed by atoms with Gasteiger partial charge in [0, 0.05) is 22.6 Å². The average Bonchev–Trinajstić information content (AvgIpc) is 3.05. The van der Waals surface area contributed by atoms with Gasteiger partial charge in [-0.25, -0.2) is 0 Å². The van der Waals surface area contributed by atoms with E-state index < -0.39 is 0 Å². The standard InChI is InChI=1S/C47H50BNO3/c1-43(2)27-45(5,6)51-41-32(43)26-33-42(52-46(7,8)28-44(33,3)4)40(41)48-34-19-13-16-22-38(34)50-39-25-29(23-24-35(39)48)49-36-20-14-11-17-30(36)47(9,10)31-18-12-15-21-37(31)49/h11-26H,27-28H2,1-10H3. The van der Waals surface area contributed by atoms with Crippen molar-refractivity contribution in [3.8, 4) is 23.0 Å². The van der Waals surface area contributed by atoms with Crippen molar-refractivity contribution in [2.75, 3.05) is 4.90 Å². The van der Waals surface area contributed by atoms with Gasteiger partial charge in [0.05, 0.1) is 11.4 Å². The van der Waals surface area contributed by atoms with Crippen LogP contribution in [0.5, 0.6) is 23.0 Å². The molecule has 0 saturated heterocycles. The van der Waals surface area contributed by atoms with Crippen molar-refractivity contribution in [2.24, 2.45) is 0 Å². The van der Waals surface area contributed by atoms with Crippen molar-refractivity contribution in [2.45, 2.75) is 110 Å². The minimum atomic E-state index is -0.348. The molecule has 0 bridgehead atoms. The van der Waals surface area contributed by atoms with E-state index in [2.05, 4.69) is 171 Å². The van der Waals surface area contributed by atoms with E-state index in [0.717, 1.165) is 57.9 Å². The topological polar surface area (TPSA) is 30.9 Å².